The Morgan fingerprint density at radius 1 is 1.44 bits per heavy atom. The molecule has 0 aliphatic carbocycles. The summed E-state index contributed by atoms with van der Waals surface area (Å²) in [7, 11) is 0. The molecule has 0 aliphatic rings. The van der Waals surface area contributed by atoms with E-state index >= 15 is 0 Å². The third-order valence-electron chi connectivity index (χ3n) is 2.21. The Morgan fingerprint density at radius 2 is 2.19 bits per heavy atom. The maximum Gasteiger partial charge on any atom is 0.331 e. The molecule has 0 aliphatic heterocycles. The van der Waals surface area contributed by atoms with Crippen LogP contribution in [0.25, 0.3) is 10.9 Å². The number of benzene rings is 1. The van der Waals surface area contributed by atoms with Crippen molar-refractivity contribution in [2.24, 2.45) is 0 Å². The minimum Gasteiger partial charge on any atom is -0.478 e. The van der Waals surface area contributed by atoms with Crippen LogP contribution in [0, 0.1) is 0 Å². The summed E-state index contributed by atoms with van der Waals surface area (Å²) in [5.74, 6) is -0.550. The number of aromatic nitrogens is 1. The number of carboxylic acid groups (broad SMARTS) is 1. The largest absolute Gasteiger partial charge is 0.478 e. The zero-order valence-electron chi connectivity index (χ0n) is 8.56. The quantitative estimate of drug-likeness (QED) is 0.630. The highest BCUT2D eigenvalue weighted by Crippen LogP contribution is 2.24. The van der Waals surface area contributed by atoms with Gasteiger partial charge in [-0.25, -0.2) is 4.79 Å². The van der Waals surface area contributed by atoms with Crippen LogP contribution >= 0.6 is 11.8 Å². The minimum absolute atomic E-state index is 0.212. The number of carboxylic acids is 1. The number of fused-ring (bicyclic) bond motifs is 1. The molecule has 16 heavy (non-hydrogen) atoms. The molecule has 1 heterocycles. The van der Waals surface area contributed by atoms with Crippen molar-refractivity contribution in [1.29, 1.82) is 0 Å². The molecule has 1 aromatic heterocycles. The standard InChI is InChI=1S/C12H11NO2S/c1-8(12(14)15)7-16-11-6-9-4-2-3-5-10(9)13-11/h2-6,13H,1,7H2,(H,14,15). The van der Waals surface area contributed by atoms with Crippen LogP contribution in [0.2, 0.25) is 0 Å². The molecular weight excluding hydrogens is 222 g/mol. The van der Waals surface area contributed by atoms with E-state index in [-0.39, 0.29) is 5.57 Å². The lowest BCUT2D eigenvalue weighted by Crippen LogP contribution is -2.00. The first-order valence-corrected chi connectivity index (χ1v) is 5.77. The Kier molecular flexibility index (Phi) is 3.01. The number of H-pyrrole nitrogens is 1. The van der Waals surface area contributed by atoms with Gasteiger partial charge in [0.1, 0.15) is 0 Å². The van der Waals surface area contributed by atoms with E-state index in [0.29, 0.717) is 5.75 Å². The van der Waals surface area contributed by atoms with Crippen LogP contribution in [0.5, 0.6) is 0 Å². The smallest absolute Gasteiger partial charge is 0.331 e. The monoisotopic (exact) mass is 233 g/mol. The summed E-state index contributed by atoms with van der Waals surface area (Å²) < 4.78 is 0. The molecule has 0 spiro atoms. The van der Waals surface area contributed by atoms with E-state index in [1.165, 1.54) is 11.8 Å². The fourth-order valence-electron chi connectivity index (χ4n) is 1.35. The van der Waals surface area contributed by atoms with Gasteiger partial charge in [-0.2, -0.15) is 0 Å². The summed E-state index contributed by atoms with van der Waals surface area (Å²) in [5, 5.41) is 10.8. The predicted molar refractivity (Wildman–Crippen MR) is 65.8 cm³/mol. The molecule has 0 saturated carbocycles. The Hall–Kier alpha value is -1.68. The fraction of sp³-hybridized carbons (Fsp3) is 0.0833. The van der Waals surface area contributed by atoms with Crippen LogP contribution in [0.15, 0.2) is 47.5 Å². The normalized spacial score (nSPS) is 10.5. The summed E-state index contributed by atoms with van der Waals surface area (Å²) in [5.41, 5.74) is 1.27. The number of carbonyl (C=O) groups is 1. The van der Waals surface area contributed by atoms with Gasteiger partial charge in [0.15, 0.2) is 0 Å². The lowest BCUT2D eigenvalue weighted by atomic mass is 10.3. The summed E-state index contributed by atoms with van der Waals surface area (Å²) in [6.07, 6.45) is 0. The van der Waals surface area contributed by atoms with E-state index in [9.17, 15) is 4.79 Å². The topological polar surface area (TPSA) is 53.1 Å². The highest BCUT2D eigenvalue weighted by Gasteiger charge is 2.06. The number of aliphatic carboxylic acids is 1. The second-order valence-electron chi connectivity index (χ2n) is 3.42. The van der Waals surface area contributed by atoms with Crippen molar-refractivity contribution in [3.8, 4) is 0 Å². The Balaban J connectivity index is 2.10. The van der Waals surface area contributed by atoms with Crippen LogP contribution < -0.4 is 0 Å². The number of hydrogen-bond acceptors (Lipinski definition) is 2. The third kappa shape index (κ3) is 2.28. The lowest BCUT2D eigenvalue weighted by molar-refractivity contribution is -0.132. The van der Waals surface area contributed by atoms with Gasteiger partial charge in [-0.3, -0.25) is 0 Å². The Labute approximate surface area is 97.2 Å². The van der Waals surface area contributed by atoms with E-state index in [1.807, 2.05) is 30.3 Å². The number of nitrogens with one attached hydrogen (secondary N) is 1. The highest BCUT2D eigenvalue weighted by molar-refractivity contribution is 7.99. The maximum atomic E-state index is 10.6. The molecule has 82 valence electrons. The van der Waals surface area contributed by atoms with Gasteiger partial charge in [-0.05, 0) is 12.1 Å². The SMILES string of the molecule is C=C(CSc1cc2ccccc2[nH]1)C(=O)O. The number of hydrogen-bond donors (Lipinski definition) is 2. The van der Waals surface area contributed by atoms with E-state index < -0.39 is 5.97 Å². The van der Waals surface area contributed by atoms with Gasteiger partial charge in [-0.15, -0.1) is 11.8 Å². The molecule has 4 heteroatoms. The molecule has 0 bridgehead atoms. The second-order valence-corrected chi connectivity index (χ2v) is 4.44. The molecule has 3 nitrogen and oxygen atoms in total. The zero-order chi connectivity index (χ0) is 11.5. The van der Waals surface area contributed by atoms with Crippen molar-refractivity contribution in [3.05, 3.63) is 42.5 Å². The van der Waals surface area contributed by atoms with Crippen molar-refractivity contribution in [1.82, 2.24) is 4.98 Å². The van der Waals surface area contributed by atoms with Gasteiger partial charge in [-0.1, -0.05) is 24.8 Å². The molecule has 2 aromatic rings. The van der Waals surface area contributed by atoms with Gasteiger partial charge in [0, 0.05) is 22.2 Å². The molecule has 0 unspecified atom stereocenters. The molecule has 0 radical (unpaired) electrons. The Morgan fingerprint density at radius 3 is 2.88 bits per heavy atom. The summed E-state index contributed by atoms with van der Waals surface area (Å²) >= 11 is 1.45. The van der Waals surface area contributed by atoms with Crippen LogP contribution in [0.3, 0.4) is 0 Å². The van der Waals surface area contributed by atoms with Gasteiger partial charge in [0.25, 0.3) is 0 Å². The average Bonchev–Trinajstić information content (AvgIpc) is 2.68. The van der Waals surface area contributed by atoms with Crippen LogP contribution in [0.4, 0.5) is 0 Å². The number of thioether (sulfide) groups is 1. The van der Waals surface area contributed by atoms with Crippen molar-refractivity contribution in [3.63, 3.8) is 0 Å². The van der Waals surface area contributed by atoms with Crippen molar-refractivity contribution >= 4 is 28.6 Å². The number of para-hydroxylation sites is 1. The highest BCUT2D eigenvalue weighted by atomic mass is 32.2. The minimum atomic E-state index is -0.941. The lowest BCUT2D eigenvalue weighted by Gasteiger charge is -1.97. The van der Waals surface area contributed by atoms with Gasteiger partial charge in [0.05, 0.1) is 5.03 Å². The Bertz CT molecular complexity index is 512. The first-order chi connectivity index (χ1) is 7.66. The first-order valence-electron chi connectivity index (χ1n) is 4.78. The fourth-order valence-corrected chi connectivity index (χ4v) is 2.20. The van der Waals surface area contributed by atoms with Gasteiger partial charge in [0.2, 0.25) is 0 Å². The van der Waals surface area contributed by atoms with Crippen molar-refractivity contribution in [2.75, 3.05) is 5.75 Å². The molecular formula is C12H11NO2S. The molecule has 0 amide bonds. The number of aromatic amines is 1. The summed E-state index contributed by atoms with van der Waals surface area (Å²) in [4.78, 5) is 13.8. The van der Waals surface area contributed by atoms with Crippen LogP contribution in [-0.4, -0.2) is 21.8 Å². The van der Waals surface area contributed by atoms with Crippen molar-refractivity contribution < 1.29 is 9.90 Å². The molecule has 0 fully saturated rings. The van der Waals surface area contributed by atoms with Gasteiger partial charge >= 0.3 is 5.97 Å². The van der Waals surface area contributed by atoms with E-state index in [0.717, 1.165) is 15.9 Å². The molecule has 2 rings (SSSR count). The van der Waals surface area contributed by atoms with E-state index in [4.69, 9.17) is 5.11 Å². The van der Waals surface area contributed by atoms with E-state index in [1.54, 1.807) is 0 Å². The maximum absolute atomic E-state index is 10.6. The van der Waals surface area contributed by atoms with Crippen LogP contribution in [0.1, 0.15) is 0 Å². The molecule has 0 atom stereocenters. The average molecular weight is 233 g/mol. The van der Waals surface area contributed by atoms with Crippen LogP contribution in [-0.2, 0) is 4.79 Å². The molecule has 1 aromatic carbocycles. The number of rotatable bonds is 4. The second kappa shape index (κ2) is 4.45. The third-order valence-corrected chi connectivity index (χ3v) is 3.23. The summed E-state index contributed by atoms with van der Waals surface area (Å²) in [6.45, 7) is 3.49. The molecule has 2 N–H and O–H groups in total. The predicted octanol–water partition coefficient (Wildman–Crippen LogP) is 2.90. The van der Waals surface area contributed by atoms with Crippen molar-refractivity contribution in [2.45, 2.75) is 5.03 Å². The first kappa shape index (κ1) is 10.8. The van der Waals surface area contributed by atoms with E-state index in [2.05, 4.69) is 11.6 Å². The molecule has 0 saturated heterocycles. The zero-order valence-corrected chi connectivity index (χ0v) is 9.38. The summed E-state index contributed by atoms with van der Waals surface area (Å²) in [6, 6.07) is 9.95. The van der Waals surface area contributed by atoms with Gasteiger partial charge < -0.3 is 10.1 Å².